The summed E-state index contributed by atoms with van der Waals surface area (Å²) in [7, 11) is 0. The molecule has 0 aromatic heterocycles. The molecule has 0 spiro atoms. The first-order valence-corrected chi connectivity index (χ1v) is 3.33. The van der Waals surface area contributed by atoms with Gasteiger partial charge in [-0.15, -0.1) is 12.6 Å². The minimum atomic E-state index is 0.827. The molecule has 1 heterocycles. The van der Waals surface area contributed by atoms with Crippen molar-refractivity contribution in [1.29, 1.82) is 0 Å². The molecule has 2 nitrogen and oxygen atoms in total. The summed E-state index contributed by atoms with van der Waals surface area (Å²) in [5.74, 6) is 0. The number of hydrogen-bond donors (Lipinski definition) is 3. The van der Waals surface area contributed by atoms with Gasteiger partial charge < -0.3 is 0 Å². The van der Waals surface area contributed by atoms with Crippen LogP contribution in [0.5, 0.6) is 0 Å². The molecule has 0 fully saturated rings. The normalized spacial score (nSPS) is 20.3. The summed E-state index contributed by atoms with van der Waals surface area (Å²) in [5.41, 5.74) is 0. The smallest absolute Gasteiger partial charge is 0.103 e. The van der Waals surface area contributed by atoms with Crippen LogP contribution in [0.3, 0.4) is 0 Å². The summed E-state index contributed by atoms with van der Waals surface area (Å²) < 4.78 is 1.54. The molecular weight excluding hydrogens is 148 g/mol. The number of nitrogens with one attached hydrogen (secondary N) is 1. The molecule has 0 amide bonds. The standard InChI is InChI=1S/C2H4N2S3/c5-2-1-7-3-4(2)6/h1,3,5-6H. The van der Waals surface area contributed by atoms with Gasteiger partial charge in [0.25, 0.3) is 0 Å². The Morgan fingerprint density at radius 2 is 2.57 bits per heavy atom. The van der Waals surface area contributed by atoms with Crippen LogP contribution in [0.15, 0.2) is 10.4 Å². The van der Waals surface area contributed by atoms with Gasteiger partial charge in [-0.2, -0.15) is 4.83 Å². The van der Waals surface area contributed by atoms with Crippen molar-refractivity contribution in [3.05, 3.63) is 10.4 Å². The fourth-order valence-electron chi connectivity index (χ4n) is 0.226. The third-order valence-corrected chi connectivity index (χ3v) is 2.26. The molecule has 0 aromatic carbocycles. The van der Waals surface area contributed by atoms with Crippen molar-refractivity contribution >= 4 is 37.4 Å². The molecule has 1 aliphatic rings. The predicted octanol–water partition coefficient (Wildman–Crippen LogP) is 1.03. The minimum absolute atomic E-state index is 0.827. The number of hydrazine groups is 1. The highest BCUT2D eigenvalue weighted by Gasteiger charge is 2.05. The van der Waals surface area contributed by atoms with Crippen molar-refractivity contribution < 1.29 is 0 Å². The lowest BCUT2D eigenvalue weighted by molar-refractivity contribution is 0.616. The lowest BCUT2D eigenvalue weighted by Gasteiger charge is -2.06. The number of nitrogens with zero attached hydrogens (tertiary/aromatic N) is 1. The van der Waals surface area contributed by atoms with Crippen LogP contribution in [0.2, 0.25) is 0 Å². The van der Waals surface area contributed by atoms with E-state index in [0.717, 1.165) is 5.03 Å². The van der Waals surface area contributed by atoms with Crippen molar-refractivity contribution in [1.82, 2.24) is 9.25 Å². The molecule has 0 radical (unpaired) electrons. The molecule has 1 aliphatic heterocycles. The molecule has 0 aromatic rings. The summed E-state index contributed by atoms with van der Waals surface area (Å²) in [4.78, 5) is 2.81. The zero-order valence-corrected chi connectivity index (χ0v) is 5.93. The van der Waals surface area contributed by atoms with E-state index in [9.17, 15) is 0 Å². The Morgan fingerprint density at radius 1 is 1.86 bits per heavy atom. The summed E-state index contributed by atoms with van der Waals surface area (Å²) in [6.45, 7) is 0. The van der Waals surface area contributed by atoms with Gasteiger partial charge in [-0.05, 0) is 24.8 Å². The molecular formula is C2H4N2S3. The van der Waals surface area contributed by atoms with Crippen LogP contribution in [-0.2, 0) is 0 Å². The van der Waals surface area contributed by atoms with E-state index in [0.29, 0.717) is 0 Å². The molecule has 0 aliphatic carbocycles. The molecule has 1 rings (SSSR count). The van der Waals surface area contributed by atoms with Crippen LogP contribution in [0, 0.1) is 0 Å². The Balaban J connectivity index is 2.54. The van der Waals surface area contributed by atoms with Gasteiger partial charge in [-0.3, -0.25) is 0 Å². The summed E-state index contributed by atoms with van der Waals surface area (Å²) in [6.07, 6.45) is 0. The Hall–Kier alpha value is 0.550. The van der Waals surface area contributed by atoms with Crippen LogP contribution in [-0.4, -0.2) is 4.41 Å². The van der Waals surface area contributed by atoms with Gasteiger partial charge in [0.05, 0.1) is 0 Å². The highest BCUT2D eigenvalue weighted by molar-refractivity contribution is 8.02. The van der Waals surface area contributed by atoms with Crippen molar-refractivity contribution in [2.24, 2.45) is 0 Å². The van der Waals surface area contributed by atoms with Crippen LogP contribution >= 0.6 is 37.4 Å². The van der Waals surface area contributed by atoms with E-state index >= 15 is 0 Å². The maximum Gasteiger partial charge on any atom is 0.103 e. The van der Waals surface area contributed by atoms with E-state index in [-0.39, 0.29) is 0 Å². The lowest BCUT2D eigenvalue weighted by atomic mass is 11.0. The van der Waals surface area contributed by atoms with Gasteiger partial charge in [-0.1, -0.05) is 0 Å². The molecule has 5 heteroatoms. The van der Waals surface area contributed by atoms with Gasteiger partial charge >= 0.3 is 0 Å². The summed E-state index contributed by atoms with van der Waals surface area (Å²) >= 11 is 9.41. The van der Waals surface area contributed by atoms with E-state index in [1.165, 1.54) is 16.4 Å². The summed E-state index contributed by atoms with van der Waals surface area (Å²) in [6, 6.07) is 0. The first-order chi connectivity index (χ1) is 3.30. The Bertz CT molecular complexity index is 101. The molecule has 0 bridgehead atoms. The largest absolute Gasteiger partial charge is 0.237 e. The van der Waals surface area contributed by atoms with Gasteiger partial charge in [0.15, 0.2) is 0 Å². The van der Waals surface area contributed by atoms with Crippen molar-refractivity contribution in [2.45, 2.75) is 0 Å². The first kappa shape index (κ1) is 5.68. The van der Waals surface area contributed by atoms with Gasteiger partial charge in [0.2, 0.25) is 0 Å². The third-order valence-electron chi connectivity index (χ3n) is 0.521. The molecule has 7 heavy (non-hydrogen) atoms. The van der Waals surface area contributed by atoms with Crippen LogP contribution < -0.4 is 4.83 Å². The SMILES string of the molecule is SC1=CSNN1S. The molecule has 0 saturated carbocycles. The zero-order valence-electron chi connectivity index (χ0n) is 3.33. The number of hydrogen-bond acceptors (Lipinski definition) is 5. The van der Waals surface area contributed by atoms with Crippen LogP contribution in [0.4, 0.5) is 0 Å². The third kappa shape index (κ3) is 1.22. The van der Waals surface area contributed by atoms with E-state index in [4.69, 9.17) is 0 Å². The fraction of sp³-hybridized carbons (Fsp3) is 0. The van der Waals surface area contributed by atoms with E-state index in [1.54, 1.807) is 0 Å². The average molecular weight is 152 g/mol. The average Bonchev–Trinajstić information content (AvgIpc) is 1.91. The second-order valence-corrected chi connectivity index (χ2v) is 2.51. The molecule has 1 N–H and O–H groups in total. The maximum absolute atomic E-state index is 4.01. The Kier molecular flexibility index (Phi) is 1.80. The van der Waals surface area contributed by atoms with E-state index < -0.39 is 0 Å². The van der Waals surface area contributed by atoms with Gasteiger partial charge in [0.1, 0.15) is 5.03 Å². The molecule has 40 valence electrons. The quantitative estimate of drug-likeness (QED) is 0.355. The second-order valence-electron chi connectivity index (χ2n) is 0.997. The minimum Gasteiger partial charge on any atom is -0.237 e. The zero-order chi connectivity index (χ0) is 5.28. The highest BCUT2D eigenvalue weighted by atomic mass is 32.2. The Morgan fingerprint density at radius 3 is 2.71 bits per heavy atom. The molecule has 0 saturated heterocycles. The van der Waals surface area contributed by atoms with E-state index in [2.05, 4.69) is 30.3 Å². The first-order valence-electron chi connectivity index (χ1n) is 1.60. The maximum atomic E-state index is 4.01. The van der Waals surface area contributed by atoms with Crippen molar-refractivity contribution in [3.63, 3.8) is 0 Å². The summed E-state index contributed by atoms with van der Waals surface area (Å²) in [5, 5.41) is 2.68. The molecule has 0 atom stereocenters. The van der Waals surface area contributed by atoms with Gasteiger partial charge in [-0.25, -0.2) is 4.41 Å². The second kappa shape index (κ2) is 2.21. The number of rotatable bonds is 0. The topological polar surface area (TPSA) is 15.3 Å². The lowest BCUT2D eigenvalue weighted by Crippen LogP contribution is -2.13. The predicted molar refractivity (Wildman–Crippen MR) is 38.6 cm³/mol. The van der Waals surface area contributed by atoms with E-state index in [1.807, 2.05) is 5.41 Å². The Labute approximate surface area is 57.4 Å². The van der Waals surface area contributed by atoms with Crippen molar-refractivity contribution in [3.8, 4) is 0 Å². The van der Waals surface area contributed by atoms with Crippen LogP contribution in [0.25, 0.3) is 0 Å². The van der Waals surface area contributed by atoms with Crippen LogP contribution in [0.1, 0.15) is 0 Å². The van der Waals surface area contributed by atoms with Gasteiger partial charge in [0, 0.05) is 5.41 Å². The highest BCUT2D eigenvalue weighted by Crippen LogP contribution is 2.20. The monoisotopic (exact) mass is 152 g/mol. The molecule has 0 unspecified atom stereocenters. The van der Waals surface area contributed by atoms with Crippen molar-refractivity contribution in [2.75, 3.05) is 0 Å². The fourth-order valence-corrected chi connectivity index (χ4v) is 1.24. The number of thiol groups is 2.